The van der Waals surface area contributed by atoms with E-state index < -0.39 is 5.97 Å². The van der Waals surface area contributed by atoms with Gasteiger partial charge in [0.15, 0.2) is 0 Å². The fourth-order valence-corrected chi connectivity index (χ4v) is 0.801. The Kier molecular flexibility index (Phi) is 2.58. The van der Waals surface area contributed by atoms with Crippen LogP contribution < -0.4 is 0 Å². The summed E-state index contributed by atoms with van der Waals surface area (Å²) < 4.78 is 4.15. The summed E-state index contributed by atoms with van der Waals surface area (Å²) in [5.74, 6) is -0.620. The second kappa shape index (κ2) is 3.67. The highest BCUT2D eigenvalue weighted by molar-refractivity contribution is 5.92. The van der Waals surface area contributed by atoms with Crippen LogP contribution in [0.1, 0.15) is 15.9 Å². The predicted molar refractivity (Wildman–Crippen MR) is 42.7 cm³/mol. The molecule has 0 fully saturated rings. The lowest BCUT2D eigenvalue weighted by Crippen LogP contribution is -2.02. The van der Waals surface area contributed by atoms with Gasteiger partial charge in [-0.1, -0.05) is 17.7 Å². The molecule has 0 spiro atoms. The Morgan fingerprint density at radius 3 is 2.42 bits per heavy atom. The van der Waals surface area contributed by atoms with Gasteiger partial charge < -0.3 is 4.74 Å². The molecular formula is C9H8O3. The van der Waals surface area contributed by atoms with Crippen LogP contribution in [0.25, 0.3) is 0 Å². The number of hydrogen-bond acceptors (Lipinski definition) is 3. The zero-order valence-corrected chi connectivity index (χ0v) is 6.61. The lowest BCUT2D eigenvalue weighted by Gasteiger charge is -1.96. The van der Waals surface area contributed by atoms with Crippen molar-refractivity contribution in [2.24, 2.45) is 0 Å². The highest BCUT2D eigenvalue weighted by Gasteiger charge is 2.04. The third-order valence-electron chi connectivity index (χ3n) is 1.44. The second-order valence-corrected chi connectivity index (χ2v) is 2.37. The fraction of sp³-hybridized carbons (Fsp3) is 0.111. The minimum absolute atomic E-state index is 0.127. The average Bonchev–Trinajstić information content (AvgIpc) is 2.06. The summed E-state index contributed by atoms with van der Waals surface area (Å²) in [6.07, 6.45) is 0. The van der Waals surface area contributed by atoms with E-state index in [-0.39, 0.29) is 6.47 Å². The summed E-state index contributed by atoms with van der Waals surface area (Å²) in [4.78, 5) is 20.7. The summed E-state index contributed by atoms with van der Waals surface area (Å²) in [6.45, 7) is 2.04. The van der Waals surface area contributed by atoms with Gasteiger partial charge in [0.1, 0.15) is 0 Å². The minimum Gasteiger partial charge on any atom is -0.392 e. The van der Waals surface area contributed by atoms with E-state index in [0.29, 0.717) is 5.56 Å². The van der Waals surface area contributed by atoms with E-state index in [1.807, 2.05) is 6.92 Å². The van der Waals surface area contributed by atoms with Crippen molar-refractivity contribution in [1.82, 2.24) is 0 Å². The molecular weight excluding hydrogens is 156 g/mol. The monoisotopic (exact) mass is 164 g/mol. The van der Waals surface area contributed by atoms with E-state index in [2.05, 4.69) is 4.74 Å². The minimum atomic E-state index is -0.620. The van der Waals surface area contributed by atoms with Crippen molar-refractivity contribution < 1.29 is 14.3 Å². The number of esters is 1. The Labute approximate surface area is 70.0 Å². The molecule has 0 saturated carbocycles. The first kappa shape index (κ1) is 8.46. The Balaban J connectivity index is 2.82. The smallest absolute Gasteiger partial charge is 0.345 e. The van der Waals surface area contributed by atoms with Gasteiger partial charge in [-0.15, -0.1) is 0 Å². The van der Waals surface area contributed by atoms with Crippen molar-refractivity contribution >= 4 is 12.4 Å². The van der Waals surface area contributed by atoms with E-state index in [1.165, 1.54) is 0 Å². The molecule has 0 amide bonds. The number of rotatable bonds is 2. The molecule has 3 heteroatoms. The first-order valence-electron chi connectivity index (χ1n) is 3.45. The van der Waals surface area contributed by atoms with Crippen LogP contribution in [0.2, 0.25) is 0 Å². The van der Waals surface area contributed by atoms with Crippen molar-refractivity contribution in [3.8, 4) is 0 Å². The molecule has 0 radical (unpaired) electrons. The maximum Gasteiger partial charge on any atom is 0.345 e. The number of carbonyl (C=O) groups is 2. The van der Waals surface area contributed by atoms with Gasteiger partial charge >= 0.3 is 12.4 Å². The molecule has 1 aromatic rings. The summed E-state index contributed by atoms with van der Waals surface area (Å²) in [6, 6.07) is 6.78. The number of aryl methyl sites for hydroxylation is 1. The van der Waals surface area contributed by atoms with Crippen LogP contribution in [-0.2, 0) is 9.53 Å². The molecule has 1 rings (SSSR count). The summed E-state index contributed by atoms with van der Waals surface area (Å²) in [5.41, 5.74) is 1.44. The molecule has 0 heterocycles. The first-order chi connectivity index (χ1) is 5.74. The van der Waals surface area contributed by atoms with E-state index in [4.69, 9.17) is 0 Å². The molecule has 0 aliphatic carbocycles. The Bertz CT molecular complexity index is 287. The zero-order chi connectivity index (χ0) is 8.97. The van der Waals surface area contributed by atoms with Crippen molar-refractivity contribution in [2.75, 3.05) is 0 Å². The van der Waals surface area contributed by atoms with Gasteiger partial charge in [-0.25, -0.2) is 4.79 Å². The number of benzene rings is 1. The normalized spacial score (nSPS) is 9.08. The Morgan fingerprint density at radius 2 is 1.92 bits per heavy atom. The molecule has 1 aromatic carbocycles. The Morgan fingerprint density at radius 1 is 1.33 bits per heavy atom. The van der Waals surface area contributed by atoms with Crippen molar-refractivity contribution in [3.63, 3.8) is 0 Å². The molecule has 0 aromatic heterocycles. The number of carbonyl (C=O) groups excluding carboxylic acids is 2. The van der Waals surface area contributed by atoms with Crippen molar-refractivity contribution in [2.45, 2.75) is 6.92 Å². The highest BCUT2D eigenvalue weighted by Crippen LogP contribution is 2.03. The lowest BCUT2D eigenvalue weighted by atomic mass is 10.2. The maximum absolute atomic E-state index is 10.9. The number of hydrogen-bond donors (Lipinski definition) is 0. The van der Waals surface area contributed by atoms with Crippen LogP contribution in [0, 0.1) is 6.92 Å². The molecule has 0 atom stereocenters. The summed E-state index contributed by atoms with van der Waals surface area (Å²) in [5, 5.41) is 0. The molecule has 0 N–H and O–H groups in total. The molecule has 0 unspecified atom stereocenters. The average molecular weight is 164 g/mol. The van der Waals surface area contributed by atoms with Crippen molar-refractivity contribution in [1.29, 1.82) is 0 Å². The molecule has 0 saturated heterocycles. The fourth-order valence-electron chi connectivity index (χ4n) is 0.801. The van der Waals surface area contributed by atoms with Crippen LogP contribution in [0.5, 0.6) is 0 Å². The molecule has 62 valence electrons. The quantitative estimate of drug-likeness (QED) is 0.376. The predicted octanol–water partition coefficient (Wildman–Crippen LogP) is 1.31. The lowest BCUT2D eigenvalue weighted by molar-refractivity contribution is -0.123. The maximum atomic E-state index is 10.9. The molecule has 12 heavy (non-hydrogen) atoms. The van der Waals surface area contributed by atoms with Gasteiger partial charge in [0.05, 0.1) is 5.56 Å². The third kappa shape index (κ3) is 1.92. The van der Waals surface area contributed by atoms with Gasteiger partial charge in [0, 0.05) is 0 Å². The van der Waals surface area contributed by atoms with Crippen LogP contribution >= 0.6 is 0 Å². The molecule has 3 nitrogen and oxygen atoms in total. The largest absolute Gasteiger partial charge is 0.392 e. The summed E-state index contributed by atoms with van der Waals surface area (Å²) >= 11 is 0. The zero-order valence-electron chi connectivity index (χ0n) is 6.61. The highest BCUT2D eigenvalue weighted by atomic mass is 16.6. The van der Waals surface area contributed by atoms with Crippen LogP contribution in [-0.4, -0.2) is 12.4 Å². The third-order valence-corrected chi connectivity index (χ3v) is 1.44. The summed E-state index contributed by atoms with van der Waals surface area (Å²) in [7, 11) is 0. The molecule has 0 bridgehead atoms. The first-order valence-corrected chi connectivity index (χ1v) is 3.45. The Hall–Kier alpha value is -1.64. The van der Waals surface area contributed by atoms with E-state index in [9.17, 15) is 9.59 Å². The number of ether oxygens (including phenoxy) is 1. The van der Waals surface area contributed by atoms with E-state index >= 15 is 0 Å². The van der Waals surface area contributed by atoms with Crippen LogP contribution in [0.15, 0.2) is 24.3 Å². The second-order valence-electron chi connectivity index (χ2n) is 2.37. The van der Waals surface area contributed by atoms with Gasteiger partial charge in [0.2, 0.25) is 0 Å². The van der Waals surface area contributed by atoms with Crippen LogP contribution in [0.3, 0.4) is 0 Å². The SMILES string of the molecule is Cc1ccc(C(=O)OC=O)cc1. The van der Waals surface area contributed by atoms with Crippen molar-refractivity contribution in [3.05, 3.63) is 35.4 Å². The molecule has 0 aliphatic rings. The van der Waals surface area contributed by atoms with E-state index in [1.54, 1.807) is 24.3 Å². The van der Waals surface area contributed by atoms with E-state index in [0.717, 1.165) is 5.56 Å². The molecule has 0 aliphatic heterocycles. The van der Waals surface area contributed by atoms with Gasteiger partial charge in [-0.3, -0.25) is 4.79 Å². The topological polar surface area (TPSA) is 43.4 Å². The van der Waals surface area contributed by atoms with Gasteiger partial charge in [-0.2, -0.15) is 0 Å². The van der Waals surface area contributed by atoms with Crippen LogP contribution in [0.4, 0.5) is 0 Å². The van der Waals surface area contributed by atoms with Gasteiger partial charge in [0.25, 0.3) is 0 Å². The standard InChI is InChI=1S/C9H8O3/c1-7-2-4-8(5-3-7)9(11)12-6-10/h2-6H,1H3. The van der Waals surface area contributed by atoms with Gasteiger partial charge in [-0.05, 0) is 19.1 Å².